The summed E-state index contributed by atoms with van der Waals surface area (Å²) in [5.41, 5.74) is 0.609. The van der Waals surface area contributed by atoms with Crippen LogP contribution in [-0.4, -0.2) is 13.1 Å². The summed E-state index contributed by atoms with van der Waals surface area (Å²) in [6.07, 6.45) is 0. The molecule has 0 radical (unpaired) electrons. The monoisotopic (exact) mass is 320 g/mol. The zero-order valence-corrected chi connectivity index (χ0v) is 13.5. The Labute approximate surface area is 118 Å². The molecule has 1 atom stereocenters. The summed E-state index contributed by atoms with van der Waals surface area (Å²) >= 11 is 3.04. The minimum absolute atomic E-state index is 0.369. The lowest BCUT2D eigenvalue weighted by Gasteiger charge is -2.09. The molecule has 104 valence electrons. The number of methoxy groups -OCH3 is 1. The van der Waals surface area contributed by atoms with Crippen LogP contribution >= 0.6 is 15.9 Å². The Morgan fingerprint density at radius 2 is 1.78 bits per heavy atom. The van der Waals surface area contributed by atoms with Gasteiger partial charge in [0.05, 0.1) is 17.5 Å². The lowest BCUT2D eigenvalue weighted by atomic mass is 10.0. The first-order valence-electron chi connectivity index (χ1n) is 6.09. The van der Waals surface area contributed by atoms with Crippen LogP contribution in [0, 0.1) is 5.82 Å². The predicted octanol–water partition coefficient (Wildman–Crippen LogP) is 4.92. The molecule has 0 aromatic heterocycles. The molecule has 2 nitrogen and oxygen atoms in total. The third-order valence-electron chi connectivity index (χ3n) is 2.00. The third kappa shape index (κ3) is 6.15. The van der Waals surface area contributed by atoms with E-state index >= 15 is 0 Å². The maximum atomic E-state index is 13.1. The molecule has 0 N–H and O–H groups in total. The minimum atomic E-state index is -0.442. The Morgan fingerprint density at radius 1 is 1.28 bits per heavy atom. The molecule has 18 heavy (non-hydrogen) atoms. The molecule has 0 saturated carbocycles. The molecule has 0 aliphatic carbocycles. The van der Waals surface area contributed by atoms with E-state index in [-0.39, 0.29) is 11.8 Å². The second kappa shape index (κ2) is 11.2. The van der Waals surface area contributed by atoms with Gasteiger partial charge in [0.25, 0.3) is 0 Å². The molecule has 0 amide bonds. The fourth-order valence-corrected chi connectivity index (χ4v) is 1.34. The van der Waals surface area contributed by atoms with Crippen LogP contribution in [0.4, 0.5) is 4.39 Å². The van der Waals surface area contributed by atoms with Crippen molar-refractivity contribution in [2.24, 2.45) is 0 Å². The molecule has 1 rings (SSSR count). The average molecular weight is 321 g/mol. The average Bonchev–Trinajstić information content (AvgIpc) is 2.44. The van der Waals surface area contributed by atoms with Crippen molar-refractivity contribution in [3.05, 3.63) is 34.1 Å². The number of carbonyl (C=O) groups excluding carboxylic acids is 1. The van der Waals surface area contributed by atoms with Gasteiger partial charge in [0.2, 0.25) is 0 Å². The second-order valence-electron chi connectivity index (χ2n) is 2.92. The van der Waals surface area contributed by atoms with Gasteiger partial charge in [-0.15, -0.1) is 0 Å². The standard InChI is InChI=1S/C10H10BrFO2.2C2H6/c1-6(10(13)14-2)7-3-4-8(11)9(12)5-7;2*1-2/h3-6H,1-2H3;2*1-2H3. The summed E-state index contributed by atoms with van der Waals surface area (Å²) in [7, 11) is 1.31. The van der Waals surface area contributed by atoms with E-state index in [0.717, 1.165) is 0 Å². The Balaban J connectivity index is 0. The molecule has 0 spiro atoms. The number of benzene rings is 1. The topological polar surface area (TPSA) is 26.3 Å². The van der Waals surface area contributed by atoms with Gasteiger partial charge in [0, 0.05) is 0 Å². The Bertz CT molecular complexity index is 354. The molecular weight excluding hydrogens is 299 g/mol. The highest BCUT2D eigenvalue weighted by Crippen LogP contribution is 2.22. The summed E-state index contributed by atoms with van der Waals surface area (Å²) in [5.74, 6) is -1.19. The normalized spacial score (nSPS) is 10.2. The van der Waals surface area contributed by atoms with Crippen molar-refractivity contribution in [3.63, 3.8) is 0 Å². The van der Waals surface area contributed by atoms with Gasteiger partial charge in [0.15, 0.2) is 0 Å². The van der Waals surface area contributed by atoms with E-state index in [2.05, 4.69) is 20.7 Å². The molecule has 0 aliphatic rings. The zero-order chi connectivity index (χ0) is 14.7. The number of hydrogen-bond acceptors (Lipinski definition) is 2. The highest BCUT2D eigenvalue weighted by atomic mass is 79.9. The predicted molar refractivity (Wildman–Crippen MR) is 77.2 cm³/mol. The quantitative estimate of drug-likeness (QED) is 0.723. The van der Waals surface area contributed by atoms with Crippen LogP contribution in [0.15, 0.2) is 22.7 Å². The minimum Gasteiger partial charge on any atom is -0.469 e. The molecule has 0 aliphatic heterocycles. The summed E-state index contributed by atoms with van der Waals surface area (Å²) in [4.78, 5) is 11.2. The maximum absolute atomic E-state index is 13.1. The summed E-state index contributed by atoms with van der Waals surface area (Å²) in [5, 5.41) is 0. The van der Waals surface area contributed by atoms with E-state index in [1.54, 1.807) is 19.1 Å². The molecule has 1 aromatic rings. The fourth-order valence-electron chi connectivity index (χ4n) is 1.09. The number of hydrogen-bond donors (Lipinski definition) is 0. The van der Waals surface area contributed by atoms with Crippen molar-refractivity contribution in [1.82, 2.24) is 0 Å². The van der Waals surface area contributed by atoms with Gasteiger partial charge in [-0.1, -0.05) is 33.8 Å². The highest BCUT2D eigenvalue weighted by Gasteiger charge is 2.16. The van der Waals surface area contributed by atoms with Gasteiger partial charge in [-0.3, -0.25) is 4.79 Å². The Kier molecular flexibility index (Phi) is 12.1. The zero-order valence-electron chi connectivity index (χ0n) is 11.9. The Morgan fingerprint density at radius 3 is 2.17 bits per heavy atom. The van der Waals surface area contributed by atoms with Crippen LogP contribution in [0.25, 0.3) is 0 Å². The highest BCUT2D eigenvalue weighted by molar-refractivity contribution is 9.10. The molecule has 0 saturated heterocycles. The third-order valence-corrected chi connectivity index (χ3v) is 2.64. The molecule has 0 heterocycles. The number of esters is 1. The first kappa shape index (κ1) is 19.4. The molecule has 0 fully saturated rings. The van der Waals surface area contributed by atoms with Crippen molar-refractivity contribution in [1.29, 1.82) is 0 Å². The molecular formula is C14H22BrFO2. The van der Waals surface area contributed by atoms with Gasteiger partial charge in [-0.25, -0.2) is 4.39 Å². The van der Waals surface area contributed by atoms with Crippen LogP contribution in [0.5, 0.6) is 0 Å². The number of ether oxygens (including phenoxy) is 1. The van der Waals surface area contributed by atoms with Crippen LogP contribution < -0.4 is 0 Å². The molecule has 1 aromatic carbocycles. The summed E-state index contributed by atoms with van der Waals surface area (Å²) in [6.45, 7) is 9.68. The van der Waals surface area contributed by atoms with Gasteiger partial charge in [-0.05, 0) is 40.5 Å². The SMILES string of the molecule is CC.CC.COC(=O)C(C)c1ccc(Br)c(F)c1. The second-order valence-corrected chi connectivity index (χ2v) is 3.77. The fraction of sp³-hybridized carbons (Fsp3) is 0.500. The van der Waals surface area contributed by atoms with Crippen LogP contribution in [0.2, 0.25) is 0 Å². The van der Waals surface area contributed by atoms with Crippen LogP contribution in [0.1, 0.15) is 46.1 Å². The molecule has 1 unspecified atom stereocenters. The maximum Gasteiger partial charge on any atom is 0.312 e. The van der Waals surface area contributed by atoms with Crippen molar-refractivity contribution >= 4 is 21.9 Å². The van der Waals surface area contributed by atoms with Crippen LogP contribution in [0.3, 0.4) is 0 Å². The lowest BCUT2D eigenvalue weighted by molar-refractivity contribution is -0.141. The number of carbonyl (C=O) groups is 1. The van der Waals surface area contributed by atoms with Crippen LogP contribution in [-0.2, 0) is 9.53 Å². The number of rotatable bonds is 2. The Hall–Kier alpha value is -0.900. The van der Waals surface area contributed by atoms with E-state index in [4.69, 9.17) is 0 Å². The van der Waals surface area contributed by atoms with Crippen molar-refractivity contribution in [2.75, 3.05) is 7.11 Å². The van der Waals surface area contributed by atoms with E-state index in [1.165, 1.54) is 13.2 Å². The van der Waals surface area contributed by atoms with Crippen molar-refractivity contribution < 1.29 is 13.9 Å². The largest absolute Gasteiger partial charge is 0.469 e. The summed E-state index contributed by atoms with van der Waals surface area (Å²) < 4.78 is 18.1. The van der Waals surface area contributed by atoms with Crippen molar-refractivity contribution in [3.8, 4) is 0 Å². The molecule has 0 bridgehead atoms. The van der Waals surface area contributed by atoms with E-state index in [1.807, 2.05) is 27.7 Å². The lowest BCUT2D eigenvalue weighted by Crippen LogP contribution is -2.10. The number of halogens is 2. The van der Waals surface area contributed by atoms with Crippen molar-refractivity contribution in [2.45, 2.75) is 40.5 Å². The van der Waals surface area contributed by atoms with E-state index < -0.39 is 5.92 Å². The molecule has 4 heteroatoms. The van der Waals surface area contributed by atoms with E-state index in [9.17, 15) is 9.18 Å². The summed E-state index contributed by atoms with van der Waals surface area (Å²) in [6, 6.07) is 4.59. The first-order valence-corrected chi connectivity index (χ1v) is 6.88. The van der Waals surface area contributed by atoms with Gasteiger partial charge >= 0.3 is 5.97 Å². The first-order chi connectivity index (χ1) is 8.56. The van der Waals surface area contributed by atoms with Gasteiger partial charge in [-0.2, -0.15) is 0 Å². The smallest absolute Gasteiger partial charge is 0.312 e. The van der Waals surface area contributed by atoms with Gasteiger partial charge in [0.1, 0.15) is 5.82 Å². The van der Waals surface area contributed by atoms with Gasteiger partial charge < -0.3 is 4.74 Å². The van der Waals surface area contributed by atoms with E-state index in [0.29, 0.717) is 10.0 Å².